The summed E-state index contributed by atoms with van der Waals surface area (Å²) >= 11 is 0. The third-order valence-corrected chi connectivity index (χ3v) is 1.21. The molecule has 12 heavy (non-hydrogen) atoms. The van der Waals surface area contributed by atoms with Crippen LogP contribution in [0.1, 0.15) is 13.8 Å². The lowest BCUT2D eigenvalue weighted by Gasteiger charge is -2.10. The minimum absolute atomic E-state index is 0.0649. The van der Waals surface area contributed by atoms with Gasteiger partial charge in [0.15, 0.2) is 0 Å². The van der Waals surface area contributed by atoms with E-state index in [0.717, 1.165) is 6.92 Å². The molecule has 0 radical (unpaired) electrons. The molecule has 0 fully saturated rings. The second-order valence-electron chi connectivity index (χ2n) is 2.36. The SMILES string of the molecule is C=CN/C=C(\C=C/C)C(C)(F)F. The van der Waals surface area contributed by atoms with Gasteiger partial charge < -0.3 is 5.32 Å². The van der Waals surface area contributed by atoms with Crippen LogP contribution >= 0.6 is 0 Å². The Hall–Kier alpha value is -1.12. The topological polar surface area (TPSA) is 12.0 Å². The second kappa shape index (κ2) is 4.70. The molecule has 0 aliphatic carbocycles. The predicted octanol–water partition coefficient (Wildman–Crippen LogP) is 2.83. The highest BCUT2D eigenvalue weighted by atomic mass is 19.3. The molecule has 0 aliphatic heterocycles. The molecule has 3 heteroatoms. The smallest absolute Gasteiger partial charge is 0.271 e. The summed E-state index contributed by atoms with van der Waals surface area (Å²) in [5, 5.41) is 2.51. The fourth-order valence-electron chi connectivity index (χ4n) is 0.649. The van der Waals surface area contributed by atoms with E-state index in [1.165, 1.54) is 18.5 Å². The Morgan fingerprint density at radius 3 is 2.42 bits per heavy atom. The summed E-state index contributed by atoms with van der Waals surface area (Å²) < 4.78 is 25.4. The van der Waals surface area contributed by atoms with Crippen LogP contribution in [-0.4, -0.2) is 5.92 Å². The van der Waals surface area contributed by atoms with Crippen LogP contribution in [0, 0.1) is 0 Å². The molecular formula is C9H13F2N. The van der Waals surface area contributed by atoms with Crippen molar-refractivity contribution < 1.29 is 8.78 Å². The Morgan fingerprint density at radius 2 is 2.08 bits per heavy atom. The van der Waals surface area contributed by atoms with Crippen LogP contribution in [0.15, 0.2) is 36.7 Å². The zero-order chi connectivity index (χ0) is 9.61. The maximum atomic E-state index is 12.7. The Balaban J connectivity index is 4.54. The van der Waals surface area contributed by atoms with Crippen LogP contribution in [-0.2, 0) is 0 Å². The number of allylic oxidation sites excluding steroid dienone is 3. The van der Waals surface area contributed by atoms with E-state index in [1.807, 2.05) is 0 Å². The van der Waals surface area contributed by atoms with Crippen LogP contribution in [0.5, 0.6) is 0 Å². The molecule has 0 heterocycles. The van der Waals surface area contributed by atoms with Crippen molar-refractivity contribution in [1.29, 1.82) is 0 Å². The molecule has 0 rings (SSSR count). The molecular weight excluding hydrogens is 160 g/mol. The van der Waals surface area contributed by atoms with E-state index in [9.17, 15) is 8.78 Å². The predicted molar refractivity (Wildman–Crippen MR) is 46.9 cm³/mol. The number of alkyl halides is 2. The largest absolute Gasteiger partial charge is 0.368 e. The number of halogens is 2. The molecule has 1 N–H and O–H groups in total. The van der Waals surface area contributed by atoms with Crippen molar-refractivity contribution in [3.8, 4) is 0 Å². The van der Waals surface area contributed by atoms with E-state index in [0.29, 0.717) is 0 Å². The van der Waals surface area contributed by atoms with E-state index in [4.69, 9.17) is 0 Å². The van der Waals surface area contributed by atoms with Gasteiger partial charge >= 0.3 is 0 Å². The van der Waals surface area contributed by atoms with Crippen LogP contribution in [0.2, 0.25) is 0 Å². The van der Waals surface area contributed by atoms with Crippen molar-refractivity contribution in [2.75, 3.05) is 0 Å². The van der Waals surface area contributed by atoms with Crippen molar-refractivity contribution in [2.45, 2.75) is 19.8 Å². The van der Waals surface area contributed by atoms with Crippen molar-refractivity contribution >= 4 is 0 Å². The van der Waals surface area contributed by atoms with E-state index >= 15 is 0 Å². The van der Waals surface area contributed by atoms with Gasteiger partial charge in [0.1, 0.15) is 0 Å². The van der Waals surface area contributed by atoms with Gasteiger partial charge in [0, 0.05) is 18.7 Å². The summed E-state index contributed by atoms with van der Waals surface area (Å²) in [7, 11) is 0. The number of hydrogen-bond donors (Lipinski definition) is 1. The average molecular weight is 173 g/mol. The Kier molecular flexibility index (Phi) is 4.26. The molecule has 0 saturated heterocycles. The lowest BCUT2D eigenvalue weighted by Crippen LogP contribution is -2.14. The fraction of sp³-hybridized carbons (Fsp3) is 0.333. The van der Waals surface area contributed by atoms with Gasteiger partial charge in [-0.2, -0.15) is 0 Å². The fourth-order valence-corrected chi connectivity index (χ4v) is 0.649. The van der Waals surface area contributed by atoms with Gasteiger partial charge in [0.2, 0.25) is 0 Å². The standard InChI is InChI=1S/C9H13F2N/c1-4-6-8(7-12-5-2)9(3,10)11/h4-7,12H,2H2,1,3H3/b6-4-,8-7+. The Bertz CT molecular complexity index is 199. The molecule has 0 unspecified atom stereocenters. The molecule has 0 saturated carbocycles. The van der Waals surface area contributed by atoms with Crippen molar-refractivity contribution in [3.05, 3.63) is 36.7 Å². The third kappa shape index (κ3) is 3.91. The van der Waals surface area contributed by atoms with Crippen LogP contribution in [0.3, 0.4) is 0 Å². The molecule has 0 amide bonds. The van der Waals surface area contributed by atoms with Gasteiger partial charge in [-0.3, -0.25) is 0 Å². The monoisotopic (exact) mass is 173 g/mol. The lowest BCUT2D eigenvalue weighted by molar-refractivity contribution is 0.0670. The van der Waals surface area contributed by atoms with Crippen molar-refractivity contribution in [3.63, 3.8) is 0 Å². The number of rotatable bonds is 4. The molecule has 0 aromatic carbocycles. The summed E-state index contributed by atoms with van der Waals surface area (Å²) in [5.74, 6) is -2.82. The summed E-state index contributed by atoms with van der Waals surface area (Å²) in [6, 6.07) is 0. The van der Waals surface area contributed by atoms with Gasteiger partial charge in [0.05, 0.1) is 0 Å². The zero-order valence-electron chi connectivity index (χ0n) is 7.27. The first-order valence-electron chi connectivity index (χ1n) is 3.60. The van der Waals surface area contributed by atoms with Gasteiger partial charge in [-0.1, -0.05) is 18.7 Å². The molecule has 68 valence electrons. The molecule has 0 spiro atoms. The molecule has 1 nitrogen and oxygen atoms in total. The minimum Gasteiger partial charge on any atom is -0.368 e. The molecule has 0 aromatic heterocycles. The number of hydrogen-bond acceptors (Lipinski definition) is 1. The average Bonchev–Trinajstić information content (AvgIpc) is 1.95. The van der Waals surface area contributed by atoms with Gasteiger partial charge in [-0.15, -0.1) is 0 Å². The highest BCUT2D eigenvalue weighted by Crippen LogP contribution is 2.23. The van der Waals surface area contributed by atoms with Gasteiger partial charge in [-0.25, -0.2) is 8.78 Å². The van der Waals surface area contributed by atoms with Crippen molar-refractivity contribution in [2.24, 2.45) is 0 Å². The van der Waals surface area contributed by atoms with Gasteiger partial charge in [0.25, 0.3) is 5.92 Å². The van der Waals surface area contributed by atoms with Crippen LogP contribution in [0.4, 0.5) is 8.78 Å². The van der Waals surface area contributed by atoms with E-state index in [-0.39, 0.29) is 5.57 Å². The van der Waals surface area contributed by atoms with Gasteiger partial charge in [-0.05, 0) is 13.1 Å². The molecule has 0 aliphatic rings. The Labute approximate surface area is 71.5 Å². The normalized spacial score (nSPS) is 13.5. The first-order valence-corrected chi connectivity index (χ1v) is 3.60. The highest BCUT2D eigenvalue weighted by molar-refractivity contribution is 5.24. The maximum absolute atomic E-state index is 12.7. The summed E-state index contributed by atoms with van der Waals surface area (Å²) in [6.45, 7) is 5.89. The Morgan fingerprint density at radius 1 is 1.50 bits per heavy atom. The number of nitrogens with one attached hydrogen (secondary N) is 1. The lowest BCUT2D eigenvalue weighted by atomic mass is 10.1. The second-order valence-corrected chi connectivity index (χ2v) is 2.36. The van der Waals surface area contributed by atoms with E-state index in [2.05, 4.69) is 11.9 Å². The molecule has 0 aromatic rings. The summed E-state index contributed by atoms with van der Waals surface area (Å²) in [6.07, 6.45) is 5.49. The molecule has 0 bridgehead atoms. The van der Waals surface area contributed by atoms with Crippen molar-refractivity contribution in [1.82, 2.24) is 5.32 Å². The maximum Gasteiger partial charge on any atom is 0.271 e. The first kappa shape index (κ1) is 10.9. The highest BCUT2D eigenvalue weighted by Gasteiger charge is 2.24. The quantitative estimate of drug-likeness (QED) is 0.644. The minimum atomic E-state index is -2.82. The van der Waals surface area contributed by atoms with E-state index < -0.39 is 5.92 Å². The summed E-state index contributed by atoms with van der Waals surface area (Å²) in [4.78, 5) is 0. The first-order chi connectivity index (χ1) is 5.52. The van der Waals surface area contributed by atoms with Crippen LogP contribution in [0.25, 0.3) is 0 Å². The zero-order valence-corrected chi connectivity index (χ0v) is 7.27. The van der Waals surface area contributed by atoms with E-state index in [1.54, 1.807) is 13.0 Å². The molecule has 0 atom stereocenters. The summed E-state index contributed by atoms with van der Waals surface area (Å²) in [5.41, 5.74) is -0.0649. The third-order valence-electron chi connectivity index (χ3n) is 1.21. The van der Waals surface area contributed by atoms with Crippen LogP contribution < -0.4 is 5.32 Å².